The summed E-state index contributed by atoms with van der Waals surface area (Å²) in [5.41, 5.74) is -0.0697. The number of alkyl halides is 3. The van der Waals surface area contributed by atoms with E-state index in [-0.39, 0.29) is 0 Å². The number of carbonyl (C=O) groups excluding carboxylic acids is 1. The third-order valence-corrected chi connectivity index (χ3v) is 1.93. The van der Waals surface area contributed by atoms with Gasteiger partial charge in [0.05, 0.1) is 5.55 Å². The summed E-state index contributed by atoms with van der Waals surface area (Å²) in [7, 11) is -1.19. The molecule has 6 heteroatoms. The molecule has 1 aliphatic heterocycles. The SMILES string of the molecule is O=C=S1C=NC(C(F)(F)F)=C1. The zero-order chi connectivity index (χ0) is 8.48. The maximum atomic E-state index is 11.8. The summed E-state index contributed by atoms with van der Waals surface area (Å²) >= 11 is 0. The number of aliphatic imine (C=N–C) groups is 1. The highest BCUT2D eigenvalue weighted by atomic mass is 32.2. The van der Waals surface area contributed by atoms with E-state index in [0.717, 1.165) is 11.0 Å². The van der Waals surface area contributed by atoms with E-state index in [1.807, 2.05) is 0 Å². The van der Waals surface area contributed by atoms with Crippen molar-refractivity contribution in [3.8, 4) is 0 Å². The first-order valence-corrected chi connectivity index (χ1v) is 3.82. The van der Waals surface area contributed by atoms with E-state index in [9.17, 15) is 18.0 Å². The van der Waals surface area contributed by atoms with Gasteiger partial charge in [-0.25, -0.2) is 9.79 Å². The summed E-state index contributed by atoms with van der Waals surface area (Å²) in [6.45, 7) is 0. The van der Waals surface area contributed by atoms with Crippen LogP contribution < -0.4 is 0 Å². The molecule has 60 valence electrons. The molecule has 1 aliphatic rings. The lowest BCUT2D eigenvalue weighted by Gasteiger charge is -2.01. The molecule has 0 radical (unpaired) electrons. The zero-order valence-electron chi connectivity index (χ0n) is 5.05. The molecule has 1 atom stereocenters. The van der Waals surface area contributed by atoms with E-state index in [4.69, 9.17) is 0 Å². The highest BCUT2D eigenvalue weighted by Crippen LogP contribution is 2.33. The minimum atomic E-state index is -4.45. The second kappa shape index (κ2) is 2.64. The molecule has 0 spiro atoms. The number of hydrogen-bond acceptors (Lipinski definition) is 2. The molecule has 0 fully saturated rings. The van der Waals surface area contributed by atoms with E-state index in [0.29, 0.717) is 0 Å². The number of hydrogen-bond donors (Lipinski definition) is 0. The van der Waals surface area contributed by atoms with Gasteiger partial charge < -0.3 is 0 Å². The fourth-order valence-electron chi connectivity index (χ4n) is 0.480. The average molecular weight is 181 g/mol. The fraction of sp³-hybridized carbons (Fsp3) is 0.200. The van der Waals surface area contributed by atoms with Gasteiger partial charge in [0.1, 0.15) is 0 Å². The molecule has 0 bridgehead atoms. The monoisotopic (exact) mass is 181 g/mol. The Hall–Kier alpha value is -0.870. The third-order valence-electron chi connectivity index (χ3n) is 0.931. The molecule has 0 saturated heterocycles. The van der Waals surface area contributed by atoms with Gasteiger partial charge in [-0.3, -0.25) is 0 Å². The van der Waals surface area contributed by atoms with E-state index in [2.05, 4.69) is 4.99 Å². The Balaban J connectivity index is 2.98. The maximum absolute atomic E-state index is 11.8. The molecular formula is C5H2F3NOS. The summed E-state index contributed by atoms with van der Waals surface area (Å²) in [5.74, 6) is 0. The molecule has 1 unspecified atom stereocenters. The van der Waals surface area contributed by atoms with Crippen molar-refractivity contribution in [1.29, 1.82) is 0 Å². The molecule has 0 aromatic carbocycles. The van der Waals surface area contributed by atoms with Gasteiger partial charge in [0, 0.05) is 5.41 Å². The Kier molecular flexibility index (Phi) is 1.97. The van der Waals surface area contributed by atoms with Crippen LogP contribution in [-0.4, -0.2) is 17.0 Å². The summed E-state index contributed by atoms with van der Waals surface area (Å²) in [6.07, 6.45) is -4.45. The zero-order valence-corrected chi connectivity index (χ0v) is 5.87. The van der Waals surface area contributed by atoms with Crippen LogP contribution in [0.4, 0.5) is 13.2 Å². The Morgan fingerprint density at radius 1 is 1.55 bits per heavy atom. The first-order chi connectivity index (χ1) is 5.04. The molecule has 1 heterocycles. The molecule has 2 nitrogen and oxygen atoms in total. The lowest BCUT2D eigenvalue weighted by Crippen LogP contribution is -2.08. The standard InChI is InChI=1S/C5H2F3NOS/c6-5(7,8)4-1-11(3-10)2-9-4/h1-2H. The second-order valence-electron chi connectivity index (χ2n) is 1.69. The molecular weight excluding hydrogens is 179 g/mol. The first-order valence-electron chi connectivity index (χ1n) is 2.47. The van der Waals surface area contributed by atoms with Crippen LogP contribution in [0.1, 0.15) is 0 Å². The number of halogens is 3. The molecule has 0 amide bonds. The Bertz CT molecular complexity index is 285. The fourth-order valence-corrected chi connectivity index (χ4v) is 1.29. The van der Waals surface area contributed by atoms with E-state index < -0.39 is 22.4 Å². The normalized spacial score (nSPS) is 23.2. The van der Waals surface area contributed by atoms with Crippen LogP contribution in [0.2, 0.25) is 0 Å². The lowest BCUT2D eigenvalue weighted by atomic mass is 10.5. The van der Waals surface area contributed by atoms with Gasteiger partial charge in [-0.1, -0.05) is 0 Å². The van der Waals surface area contributed by atoms with Gasteiger partial charge in [-0.15, -0.1) is 0 Å². The predicted molar refractivity (Wildman–Crippen MR) is 35.9 cm³/mol. The number of rotatable bonds is 0. The van der Waals surface area contributed by atoms with E-state index in [1.165, 1.54) is 5.23 Å². The van der Waals surface area contributed by atoms with Crippen molar-refractivity contribution < 1.29 is 18.0 Å². The van der Waals surface area contributed by atoms with Crippen molar-refractivity contribution in [1.82, 2.24) is 0 Å². The Morgan fingerprint density at radius 3 is 2.45 bits per heavy atom. The van der Waals surface area contributed by atoms with Gasteiger partial charge >= 0.3 is 6.18 Å². The summed E-state index contributed by atoms with van der Waals surface area (Å²) in [4.78, 5) is 12.9. The summed E-state index contributed by atoms with van der Waals surface area (Å²) < 4.78 is 35.3. The van der Waals surface area contributed by atoms with Crippen LogP contribution >= 0.6 is 10.5 Å². The summed E-state index contributed by atoms with van der Waals surface area (Å²) in [5, 5.41) is 2.17. The van der Waals surface area contributed by atoms with Gasteiger partial charge in [0.25, 0.3) is 0 Å². The Morgan fingerprint density at radius 2 is 2.18 bits per heavy atom. The van der Waals surface area contributed by atoms with Crippen molar-refractivity contribution >= 4 is 21.3 Å². The first kappa shape index (κ1) is 8.23. The molecule has 0 aromatic heterocycles. The van der Waals surface area contributed by atoms with Crippen molar-refractivity contribution in [2.75, 3.05) is 0 Å². The third kappa shape index (κ3) is 1.78. The minimum absolute atomic E-state index is 0.757. The molecule has 1 rings (SSSR count). The quantitative estimate of drug-likeness (QED) is 0.523. The van der Waals surface area contributed by atoms with Gasteiger partial charge in [0.2, 0.25) is 0 Å². The van der Waals surface area contributed by atoms with Crippen LogP contribution in [0.15, 0.2) is 16.1 Å². The van der Waals surface area contributed by atoms with E-state index in [1.54, 1.807) is 0 Å². The molecule has 0 aromatic rings. The van der Waals surface area contributed by atoms with Crippen molar-refractivity contribution in [3.63, 3.8) is 0 Å². The Labute approximate surface area is 62.4 Å². The largest absolute Gasteiger partial charge is 0.433 e. The van der Waals surface area contributed by atoms with Crippen LogP contribution in [0.25, 0.3) is 0 Å². The van der Waals surface area contributed by atoms with Crippen LogP contribution in [0, 0.1) is 0 Å². The van der Waals surface area contributed by atoms with Gasteiger partial charge in [-0.2, -0.15) is 13.2 Å². The average Bonchev–Trinajstić information content (AvgIpc) is 2.32. The topological polar surface area (TPSA) is 29.4 Å². The minimum Gasteiger partial charge on any atom is -0.244 e. The van der Waals surface area contributed by atoms with Crippen molar-refractivity contribution in [2.45, 2.75) is 6.18 Å². The van der Waals surface area contributed by atoms with Crippen LogP contribution in [0.5, 0.6) is 0 Å². The second-order valence-corrected chi connectivity index (χ2v) is 3.05. The summed E-state index contributed by atoms with van der Waals surface area (Å²) in [6, 6.07) is 0. The van der Waals surface area contributed by atoms with Crippen molar-refractivity contribution in [3.05, 3.63) is 11.1 Å². The lowest BCUT2D eigenvalue weighted by molar-refractivity contribution is -0.0918. The maximum Gasteiger partial charge on any atom is 0.433 e. The molecule has 0 aliphatic carbocycles. The van der Waals surface area contributed by atoms with E-state index >= 15 is 0 Å². The predicted octanol–water partition coefficient (Wildman–Crippen LogP) is 1.77. The van der Waals surface area contributed by atoms with Crippen LogP contribution in [-0.2, 0) is 4.79 Å². The highest BCUT2D eigenvalue weighted by molar-refractivity contribution is 8.28. The number of nitrogens with zero attached hydrogens (tertiary/aromatic N) is 1. The molecule has 0 saturated carbocycles. The van der Waals surface area contributed by atoms with Crippen molar-refractivity contribution in [2.24, 2.45) is 4.99 Å². The van der Waals surface area contributed by atoms with Gasteiger partial charge in [0.15, 0.2) is 10.9 Å². The molecule has 11 heavy (non-hydrogen) atoms. The van der Waals surface area contributed by atoms with Gasteiger partial charge in [-0.05, 0) is 10.5 Å². The highest BCUT2D eigenvalue weighted by Gasteiger charge is 2.35. The smallest absolute Gasteiger partial charge is 0.244 e. The molecule has 0 N–H and O–H groups in total. The number of allylic oxidation sites excluding steroid dienone is 1. The van der Waals surface area contributed by atoms with Crippen LogP contribution in [0.3, 0.4) is 0 Å².